The standard InChI is InChI=1S/C16H20N8O2/c1-2-6-11(15-19-22-23-20-15)18-16(26)12-9-13(14(17)25)24(21-12)10-7-4-3-5-8-10/h3-5,7-8,11,13H,2,6,9H2,1H3,(H2,17,25)(H,18,26)(H,19,20,22,23). The van der Waals surface area contributed by atoms with Crippen molar-refractivity contribution in [2.24, 2.45) is 10.8 Å². The number of carbonyl (C=O) groups excluding carboxylic acids is 2. The Morgan fingerprint density at radius 1 is 1.38 bits per heavy atom. The molecule has 0 bridgehead atoms. The fraction of sp³-hybridized carbons (Fsp3) is 0.375. The fourth-order valence-electron chi connectivity index (χ4n) is 2.80. The van der Waals surface area contributed by atoms with Crippen LogP contribution in [0.2, 0.25) is 0 Å². The van der Waals surface area contributed by atoms with Crippen LogP contribution in [0.5, 0.6) is 0 Å². The van der Waals surface area contributed by atoms with Gasteiger partial charge in [-0.05, 0) is 18.6 Å². The smallest absolute Gasteiger partial charge is 0.268 e. The van der Waals surface area contributed by atoms with Crippen molar-refractivity contribution in [2.75, 3.05) is 5.01 Å². The third kappa shape index (κ3) is 3.68. The Kier molecular flexibility index (Phi) is 5.20. The van der Waals surface area contributed by atoms with Gasteiger partial charge in [0.1, 0.15) is 11.8 Å². The molecule has 0 saturated heterocycles. The molecule has 2 atom stereocenters. The van der Waals surface area contributed by atoms with Crippen molar-refractivity contribution in [3.8, 4) is 0 Å². The lowest BCUT2D eigenvalue weighted by molar-refractivity contribution is -0.119. The van der Waals surface area contributed by atoms with Crippen LogP contribution in [0.3, 0.4) is 0 Å². The van der Waals surface area contributed by atoms with E-state index in [1.54, 1.807) is 12.1 Å². The molecule has 4 N–H and O–H groups in total. The average molecular weight is 356 g/mol. The van der Waals surface area contributed by atoms with Gasteiger partial charge in [0.2, 0.25) is 5.91 Å². The zero-order valence-electron chi connectivity index (χ0n) is 14.3. The second-order valence-corrected chi connectivity index (χ2v) is 5.93. The molecule has 2 amide bonds. The van der Waals surface area contributed by atoms with Crippen LogP contribution in [0.15, 0.2) is 35.4 Å². The highest BCUT2D eigenvalue weighted by molar-refractivity contribution is 6.40. The summed E-state index contributed by atoms with van der Waals surface area (Å²) in [6.07, 6.45) is 1.62. The number of aromatic nitrogens is 4. The first-order valence-electron chi connectivity index (χ1n) is 8.35. The Balaban J connectivity index is 1.79. The van der Waals surface area contributed by atoms with E-state index in [0.717, 1.165) is 6.42 Å². The highest BCUT2D eigenvalue weighted by Crippen LogP contribution is 2.24. The minimum Gasteiger partial charge on any atom is -0.368 e. The van der Waals surface area contributed by atoms with E-state index in [4.69, 9.17) is 5.73 Å². The minimum absolute atomic E-state index is 0.140. The summed E-state index contributed by atoms with van der Waals surface area (Å²) < 4.78 is 0. The molecule has 10 nitrogen and oxygen atoms in total. The van der Waals surface area contributed by atoms with Gasteiger partial charge in [-0.3, -0.25) is 14.6 Å². The van der Waals surface area contributed by atoms with Gasteiger partial charge < -0.3 is 11.1 Å². The molecule has 26 heavy (non-hydrogen) atoms. The van der Waals surface area contributed by atoms with Gasteiger partial charge in [-0.1, -0.05) is 36.8 Å². The topological polar surface area (TPSA) is 142 Å². The molecule has 2 unspecified atom stereocenters. The van der Waals surface area contributed by atoms with Crippen molar-refractivity contribution in [3.63, 3.8) is 0 Å². The number of rotatable bonds is 7. The zero-order chi connectivity index (χ0) is 18.5. The minimum atomic E-state index is -0.701. The Morgan fingerprint density at radius 3 is 2.77 bits per heavy atom. The summed E-state index contributed by atoms with van der Waals surface area (Å²) >= 11 is 0. The number of hydrogen-bond donors (Lipinski definition) is 3. The van der Waals surface area contributed by atoms with Crippen LogP contribution in [-0.4, -0.2) is 44.2 Å². The molecule has 1 aliphatic rings. The van der Waals surface area contributed by atoms with E-state index in [-0.39, 0.29) is 24.1 Å². The van der Waals surface area contributed by atoms with Gasteiger partial charge in [0.25, 0.3) is 5.91 Å². The van der Waals surface area contributed by atoms with Crippen molar-refractivity contribution >= 4 is 23.2 Å². The number of nitrogens with two attached hydrogens (primary N) is 1. The SMILES string of the molecule is CCCC(NC(=O)C1=NN(c2ccccc2)C(C(N)=O)C1)c1nn[nH]n1. The second-order valence-electron chi connectivity index (χ2n) is 5.93. The van der Waals surface area contributed by atoms with Crippen LogP contribution in [0, 0.1) is 0 Å². The third-order valence-corrected chi connectivity index (χ3v) is 4.08. The van der Waals surface area contributed by atoms with Crippen LogP contribution in [0.25, 0.3) is 0 Å². The number of benzene rings is 1. The van der Waals surface area contributed by atoms with Crippen LogP contribution >= 0.6 is 0 Å². The number of tetrazole rings is 1. The number of amides is 2. The van der Waals surface area contributed by atoms with Gasteiger partial charge in [0.05, 0.1) is 11.7 Å². The van der Waals surface area contributed by atoms with Crippen LogP contribution in [-0.2, 0) is 9.59 Å². The monoisotopic (exact) mass is 356 g/mol. The zero-order valence-corrected chi connectivity index (χ0v) is 14.3. The number of hydrogen-bond acceptors (Lipinski definition) is 7. The summed E-state index contributed by atoms with van der Waals surface area (Å²) in [5.74, 6) is -0.508. The summed E-state index contributed by atoms with van der Waals surface area (Å²) in [5, 5.41) is 22.5. The molecule has 0 radical (unpaired) electrons. The van der Waals surface area contributed by atoms with E-state index < -0.39 is 11.9 Å². The van der Waals surface area contributed by atoms with E-state index >= 15 is 0 Å². The predicted octanol–water partition coefficient (Wildman–Crippen LogP) is 0.277. The fourth-order valence-corrected chi connectivity index (χ4v) is 2.80. The summed E-state index contributed by atoms with van der Waals surface area (Å²) in [4.78, 5) is 24.5. The second kappa shape index (κ2) is 7.72. The molecule has 2 aromatic rings. The van der Waals surface area contributed by atoms with Crippen LogP contribution in [0.4, 0.5) is 5.69 Å². The molecule has 10 heteroatoms. The number of primary amides is 1. The van der Waals surface area contributed by atoms with Gasteiger partial charge in [0, 0.05) is 6.42 Å². The van der Waals surface area contributed by atoms with Gasteiger partial charge in [-0.25, -0.2) is 0 Å². The molecule has 3 rings (SSSR count). The van der Waals surface area contributed by atoms with E-state index in [1.807, 2.05) is 25.1 Å². The summed E-state index contributed by atoms with van der Waals surface area (Å²) in [7, 11) is 0. The molecule has 0 aliphatic carbocycles. The van der Waals surface area contributed by atoms with Crippen molar-refractivity contribution in [3.05, 3.63) is 36.2 Å². The summed E-state index contributed by atoms with van der Waals surface area (Å²) in [5.41, 5.74) is 6.43. The largest absolute Gasteiger partial charge is 0.368 e. The molecule has 1 aromatic heterocycles. The molecule has 2 heterocycles. The molecular weight excluding hydrogens is 336 g/mol. The van der Waals surface area contributed by atoms with Crippen molar-refractivity contribution < 1.29 is 9.59 Å². The summed E-state index contributed by atoms with van der Waals surface area (Å²) in [6.45, 7) is 1.99. The normalized spacial score (nSPS) is 17.7. The quantitative estimate of drug-likeness (QED) is 0.650. The van der Waals surface area contributed by atoms with Gasteiger partial charge in [-0.15, -0.1) is 10.2 Å². The molecule has 1 aliphatic heterocycles. The number of nitrogens with zero attached hydrogens (tertiary/aromatic N) is 5. The Hall–Kier alpha value is -3.30. The highest BCUT2D eigenvalue weighted by atomic mass is 16.2. The first kappa shape index (κ1) is 17.5. The highest BCUT2D eigenvalue weighted by Gasteiger charge is 2.35. The number of H-pyrrole nitrogens is 1. The molecule has 0 saturated carbocycles. The number of aromatic amines is 1. The van der Waals surface area contributed by atoms with Gasteiger partial charge in [0.15, 0.2) is 5.82 Å². The third-order valence-electron chi connectivity index (χ3n) is 4.08. The van der Waals surface area contributed by atoms with Crippen LogP contribution < -0.4 is 16.1 Å². The maximum atomic E-state index is 12.7. The maximum Gasteiger partial charge on any atom is 0.268 e. The van der Waals surface area contributed by atoms with E-state index in [1.165, 1.54) is 5.01 Å². The van der Waals surface area contributed by atoms with Crippen LogP contribution in [0.1, 0.15) is 38.1 Å². The molecule has 1 aromatic carbocycles. The number of nitrogens with one attached hydrogen (secondary N) is 2. The lowest BCUT2D eigenvalue weighted by Gasteiger charge is -2.20. The first-order chi connectivity index (χ1) is 12.6. The first-order valence-corrected chi connectivity index (χ1v) is 8.35. The summed E-state index contributed by atoms with van der Waals surface area (Å²) in [6, 6.07) is 8.04. The van der Waals surface area contributed by atoms with Crippen molar-refractivity contribution in [1.29, 1.82) is 0 Å². The lowest BCUT2D eigenvalue weighted by Crippen LogP contribution is -2.40. The molecular formula is C16H20N8O2. The molecule has 136 valence electrons. The Bertz CT molecular complexity index is 790. The van der Waals surface area contributed by atoms with Crippen molar-refractivity contribution in [1.82, 2.24) is 25.9 Å². The Morgan fingerprint density at radius 2 is 2.15 bits per heavy atom. The number of para-hydroxylation sites is 1. The van der Waals surface area contributed by atoms with E-state index in [0.29, 0.717) is 17.9 Å². The van der Waals surface area contributed by atoms with E-state index in [2.05, 4.69) is 31.0 Å². The van der Waals surface area contributed by atoms with Crippen molar-refractivity contribution in [2.45, 2.75) is 38.3 Å². The predicted molar refractivity (Wildman–Crippen MR) is 93.9 cm³/mol. The maximum absolute atomic E-state index is 12.7. The number of anilines is 1. The number of carbonyl (C=O) groups is 2. The Labute approximate surface area is 149 Å². The molecule has 0 spiro atoms. The average Bonchev–Trinajstić information content (AvgIpc) is 3.32. The van der Waals surface area contributed by atoms with Gasteiger partial charge in [-0.2, -0.15) is 10.3 Å². The number of hydrazone groups is 1. The van der Waals surface area contributed by atoms with Gasteiger partial charge >= 0.3 is 0 Å². The lowest BCUT2D eigenvalue weighted by atomic mass is 10.1. The van der Waals surface area contributed by atoms with E-state index in [9.17, 15) is 9.59 Å². The molecule has 0 fully saturated rings.